The molecule has 0 amide bonds. The van der Waals surface area contributed by atoms with Crippen molar-refractivity contribution >= 4 is 10.0 Å². The predicted molar refractivity (Wildman–Crippen MR) is 69.1 cm³/mol. The molecule has 6 nitrogen and oxygen atoms in total. The molecule has 1 unspecified atom stereocenters. The summed E-state index contributed by atoms with van der Waals surface area (Å²) in [6.45, 7) is 2.40. The molecule has 2 heterocycles. The second-order valence-electron chi connectivity index (χ2n) is 5.43. The number of aromatic amines is 1. The molecule has 0 radical (unpaired) electrons. The van der Waals surface area contributed by atoms with Gasteiger partial charge in [0.15, 0.2) is 5.03 Å². The molecule has 1 aliphatic heterocycles. The first-order valence-electron chi connectivity index (χ1n) is 6.75. The summed E-state index contributed by atoms with van der Waals surface area (Å²) in [6, 6.07) is -0.272. The van der Waals surface area contributed by atoms with E-state index in [2.05, 4.69) is 9.97 Å². The third-order valence-corrected chi connectivity index (χ3v) is 5.93. The zero-order valence-electron chi connectivity index (χ0n) is 11.0. The van der Waals surface area contributed by atoms with Crippen molar-refractivity contribution in [1.82, 2.24) is 14.3 Å². The molecule has 19 heavy (non-hydrogen) atoms. The lowest BCUT2D eigenvalue weighted by atomic mass is 10.1. The fraction of sp³-hybridized carbons (Fsp3) is 0.750. The van der Waals surface area contributed by atoms with Crippen LogP contribution in [0.2, 0.25) is 0 Å². The monoisotopic (exact) mass is 285 g/mol. The highest BCUT2D eigenvalue weighted by molar-refractivity contribution is 7.89. The van der Waals surface area contributed by atoms with E-state index in [1.807, 2.05) is 6.92 Å². The number of aliphatic hydroxyl groups is 1. The lowest BCUT2D eigenvalue weighted by Crippen LogP contribution is -2.44. The van der Waals surface area contributed by atoms with E-state index >= 15 is 0 Å². The molecule has 1 aromatic heterocycles. The van der Waals surface area contributed by atoms with E-state index in [1.54, 1.807) is 0 Å². The van der Waals surface area contributed by atoms with Gasteiger partial charge in [-0.15, -0.1) is 0 Å². The second kappa shape index (κ2) is 4.29. The van der Waals surface area contributed by atoms with Crippen LogP contribution in [0.5, 0.6) is 0 Å². The number of hydrogen-bond donors (Lipinski definition) is 2. The van der Waals surface area contributed by atoms with Crippen LogP contribution in [0.4, 0.5) is 0 Å². The Balaban J connectivity index is 1.91. The fourth-order valence-corrected chi connectivity index (χ4v) is 4.50. The average Bonchev–Trinajstić information content (AvgIpc) is 2.92. The Kier molecular flexibility index (Phi) is 2.95. The molecular formula is C12H19N3O3S. The van der Waals surface area contributed by atoms with Crippen LogP contribution in [0.3, 0.4) is 0 Å². The summed E-state index contributed by atoms with van der Waals surface area (Å²) < 4.78 is 26.6. The second-order valence-corrected chi connectivity index (χ2v) is 7.28. The van der Waals surface area contributed by atoms with Crippen LogP contribution in [0, 0.1) is 0 Å². The van der Waals surface area contributed by atoms with E-state index < -0.39 is 15.6 Å². The van der Waals surface area contributed by atoms with Crippen LogP contribution in [0.15, 0.2) is 11.2 Å². The molecule has 1 saturated heterocycles. The van der Waals surface area contributed by atoms with Crippen molar-refractivity contribution < 1.29 is 13.5 Å². The SMILES string of the molecule is CCc1ncc(S(=O)(=O)N2CCCC2C2(O)CC2)[nH]1. The predicted octanol–water partition coefficient (Wildman–Crippen LogP) is 0.650. The van der Waals surface area contributed by atoms with Gasteiger partial charge in [0, 0.05) is 13.0 Å². The third-order valence-electron chi connectivity index (χ3n) is 4.11. The molecule has 1 atom stereocenters. The number of aromatic nitrogens is 2. The van der Waals surface area contributed by atoms with Crippen molar-refractivity contribution in [1.29, 1.82) is 0 Å². The van der Waals surface area contributed by atoms with E-state index in [0.29, 0.717) is 31.6 Å². The minimum Gasteiger partial charge on any atom is -0.388 e. The van der Waals surface area contributed by atoms with Crippen molar-refractivity contribution in [2.24, 2.45) is 0 Å². The molecule has 0 bridgehead atoms. The van der Waals surface area contributed by atoms with Gasteiger partial charge in [0.05, 0.1) is 17.8 Å². The minimum absolute atomic E-state index is 0.139. The van der Waals surface area contributed by atoms with Gasteiger partial charge in [0.2, 0.25) is 0 Å². The lowest BCUT2D eigenvalue weighted by Gasteiger charge is -2.27. The Morgan fingerprint density at radius 3 is 2.89 bits per heavy atom. The van der Waals surface area contributed by atoms with E-state index in [9.17, 15) is 13.5 Å². The maximum absolute atomic E-state index is 12.6. The molecule has 1 aliphatic carbocycles. The lowest BCUT2D eigenvalue weighted by molar-refractivity contribution is 0.0825. The van der Waals surface area contributed by atoms with Crippen LogP contribution in [0.25, 0.3) is 0 Å². The molecule has 106 valence electrons. The Morgan fingerprint density at radius 2 is 2.32 bits per heavy atom. The molecule has 1 aromatic rings. The summed E-state index contributed by atoms with van der Waals surface area (Å²) >= 11 is 0. The van der Waals surface area contributed by atoms with Crippen molar-refractivity contribution in [3.8, 4) is 0 Å². The molecule has 3 rings (SSSR count). The molecule has 2 fully saturated rings. The van der Waals surface area contributed by atoms with E-state index in [4.69, 9.17) is 0 Å². The summed E-state index contributed by atoms with van der Waals surface area (Å²) in [4.78, 5) is 6.90. The average molecular weight is 285 g/mol. The first-order valence-corrected chi connectivity index (χ1v) is 8.19. The Morgan fingerprint density at radius 1 is 1.58 bits per heavy atom. The zero-order chi connectivity index (χ0) is 13.7. The minimum atomic E-state index is -3.56. The maximum atomic E-state index is 12.6. The molecule has 2 N–H and O–H groups in total. The number of imidazole rings is 1. The number of hydrogen-bond acceptors (Lipinski definition) is 4. The summed E-state index contributed by atoms with van der Waals surface area (Å²) in [5.41, 5.74) is -0.794. The number of nitrogens with zero attached hydrogens (tertiary/aromatic N) is 2. The maximum Gasteiger partial charge on any atom is 0.260 e. The molecular weight excluding hydrogens is 266 g/mol. The number of sulfonamides is 1. The normalized spacial score (nSPS) is 26.7. The molecule has 7 heteroatoms. The van der Waals surface area contributed by atoms with Gasteiger partial charge in [-0.3, -0.25) is 0 Å². The molecule has 1 saturated carbocycles. The van der Waals surface area contributed by atoms with Crippen LogP contribution in [-0.4, -0.2) is 46.0 Å². The smallest absolute Gasteiger partial charge is 0.260 e. The van der Waals surface area contributed by atoms with Crippen LogP contribution in [-0.2, 0) is 16.4 Å². The zero-order valence-corrected chi connectivity index (χ0v) is 11.8. The van der Waals surface area contributed by atoms with Gasteiger partial charge in [-0.05, 0) is 25.7 Å². The highest BCUT2D eigenvalue weighted by atomic mass is 32.2. The van der Waals surface area contributed by atoms with Gasteiger partial charge in [-0.25, -0.2) is 13.4 Å². The van der Waals surface area contributed by atoms with E-state index in [-0.39, 0.29) is 11.1 Å². The van der Waals surface area contributed by atoms with Crippen LogP contribution < -0.4 is 0 Å². The molecule has 2 aliphatic rings. The van der Waals surface area contributed by atoms with E-state index in [1.165, 1.54) is 10.5 Å². The fourth-order valence-electron chi connectivity index (χ4n) is 2.81. The van der Waals surface area contributed by atoms with Crippen molar-refractivity contribution in [3.63, 3.8) is 0 Å². The largest absolute Gasteiger partial charge is 0.388 e. The quantitative estimate of drug-likeness (QED) is 0.850. The van der Waals surface area contributed by atoms with Crippen LogP contribution in [0.1, 0.15) is 38.4 Å². The Labute approximate surface area is 112 Å². The number of H-pyrrole nitrogens is 1. The van der Waals surface area contributed by atoms with Gasteiger partial charge in [-0.2, -0.15) is 4.31 Å². The number of nitrogens with one attached hydrogen (secondary N) is 1. The van der Waals surface area contributed by atoms with Gasteiger partial charge in [0.25, 0.3) is 10.0 Å². The highest BCUT2D eigenvalue weighted by Crippen LogP contribution is 2.45. The summed E-state index contributed by atoms with van der Waals surface area (Å²) in [7, 11) is -3.56. The van der Waals surface area contributed by atoms with Gasteiger partial charge in [0.1, 0.15) is 5.82 Å². The summed E-state index contributed by atoms with van der Waals surface area (Å²) in [5, 5.41) is 10.4. The van der Waals surface area contributed by atoms with Crippen molar-refractivity contribution in [2.75, 3.05) is 6.54 Å². The summed E-state index contributed by atoms with van der Waals surface area (Å²) in [5.74, 6) is 0.666. The van der Waals surface area contributed by atoms with Gasteiger partial charge < -0.3 is 10.1 Å². The Bertz CT molecular complexity index is 577. The topological polar surface area (TPSA) is 86.3 Å². The van der Waals surface area contributed by atoms with Gasteiger partial charge in [-0.1, -0.05) is 6.92 Å². The van der Waals surface area contributed by atoms with Crippen molar-refractivity contribution in [3.05, 3.63) is 12.0 Å². The summed E-state index contributed by atoms with van der Waals surface area (Å²) in [6.07, 6.45) is 4.99. The molecule has 0 aromatic carbocycles. The van der Waals surface area contributed by atoms with Crippen molar-refractivity contribution in [2.45, 2.75) is 55.7 Å². The number of rotatable bonds is 4. The standard InChI is InChI=1S/C12H19N3O3S/c1-2-10-13-8-11(14-10)19(17,18)15-7-3-4-9(15)12(16)5-6-12/h8-9,16H,2-7H2,1H3,(H,13,14). The van der Waals surface area contributed by atoms with E-state index in [0.717, 1.165) is 12.8 Å². The van der Waals surface area contributed by atoms with Crippen LogP contribution >= 0.6 is 0 Å². The molecule has 0 spiro atoms. The van der Waals surface area contributed by atoms with Gasteiger partial charge >= 0.3 is 0 Å². The third kappa shape index (κ3) is 2.09. The first-order chi connectivity index (χ1) is 8.97. The first kappa shape index (κ1) is 13.1. The Hall–Kier alpha value is -0.920. The highest BCUT2D eigenvalue weighted by Gasteiger charge is 2.54. The number of aryl methyl sites for hydroxylation is 1.